The van der Waals surface area contributed by atoms with Gasteiger partial charge in [-0.2, -0.15) is 0 Å². The zero-order valence-corrected chi connectivity index (χ0v) is 17.9. The Morgan fingerprint density at radius 2 is 1.62 bits per heavy atom. The van der Waals surface area contributed by atoms with Crippen LogP contribution < -0.4 is 10.6 Å². The summed E-state index contributed by atoms with van der Waals surface area (Å²) in [6.07, 6.45) is -0.561. The molecule has 3 rings (SSSR count). The van der Waals surface area contributed by atoms with Gasteiger partial charge in [0.15, 0.2) is 6.10 Å². The van der Waals surface area contributed by atoms with Crippen molar-refractivity contribution in [1.82, 2.24) is 10.6 Å². The van der Waals surface area contributed by atoms with Crippen LogP contribution >= 0.6 is 0 Å². The number of carboxylic acids is 1. The molecule has 32 heavy (non-hydrogen) atoms. The summed E-state index contributed by atoms with van der Waals surface area (Å²) in [6.45, 7) is 1.64. The van der Waals surface area contributed by atoms with E-state index < -0.39 is 36.7 Å². The summed E-state index contributed by atoms with van der Waals surface area (Å²) >= 11 is 0. The molecule has 170 valence electrons. The van der Waals surface area contributed by atoms with Crippen LogP contribution in [0, 0.1) is 0 Å². The van der Waals surface area contributed by atoms with Crippen LogP contribution in [0.1, 0.15) is 43.2 Å². The van der Waals surface area contributed by atoms with E-state index in [1.54, 1.807) is 0 Å². The molecule has 0 bridgehead atoms. The molecular formula is C24H28N2O6. The normalized spacial score (nSPS) is 14.1. The molecule has 0 radical (unpaired) electrons. The lowest BCUT2D eigenvalue weighted by molar-refractivity contribution is -0.146. The molecule has 4 N–H and O–H groups in total. The number of carbonyl (C=O) groups excluding carboxylic acids is 2. The molecule has 2 aromatic carbocycles. The van der Waals surface area contributed by atoms with Crippen molar-refractivity contribution in [2.24, 2.45) is 0 Å². The molecule has 8 heteroatoms. The Balaban J connectivity index is 1.61. The van der Waals surface area contributed by atoms with Crippen LogP contribution in [0.2, 0.25) is 0 Å². The highest BCUT2D eigenvalue weighted by Crippen LogP contribution is 2.44. The number of alkyl carbamates (subject to hydrolysis) is 1. The van der Waals surface area contributed by atoms with Gasteiger partial charge in [-0.15, -0.1) is 0 Å². The van der Waals surface area contributed by atoms with E-state index in [2.05, 4.69) is 10.6 Å². The number of unbranched alkanes of at least 4 members (excludes halogenated alkanes) is 1. The molecular weight excluding hydrogens is 412 g/mol. The van der Waals surface area contributed by atoms with Gasteiger partial charge in [-0.3, -0.25) is 4.79 Å². The minimum Gasteiger partial charge on any atom is -0.479 e. The molecule has 0 spiro atoms. The number of rotatable bonds is 10. The zero-order valence-electron chi connectivity index (χ0n) is 17.9. The van der Waals surface area contributed by atoms with Gasteiger partial charge in [0.25, 0.3) is 0 Å². The Kier molecular flexibility index (Phi) is 7.83. The maximum absolute atomic E-state index is 12.5. The predicted molar refractivity (Wildman–Crippen MR) is 118 cm³/mol. The van der Waals surface area contributed by atoms with Gasteiger partial charge in [-0.25, -0.2) is 9.59 Å². The fourth-order valence-electron chi connectivity index (χ4n) is 3.87. The van der Waals surface area contributed by atoms with Gasteiger partial charge in [0.2, 0.25) is 5.91 Å². The highest BCUT2D eigenvalue weighted by atomic mass is 16.5. The molecule has 1 aliphatic rings. The second-order valence-corrected chi connectivity index (χ2v) is 7.76. The molecule has 0 heterocycles. The number of fused-ring (bicyclic) bond motifs is 3. The van der Waals surface area contributed by atoms with Crippen molar-refractivity contribution in [3.05, 3.63) is 59.7 Å². The van der Waals surface area contributed by atoms with E-state index in [0.29, 0.717) is 12.8 Å². The van der Waals surface area contributed by atoms with E-state index in [0.717, 1.165) is 28.7 Å². The number of aliphatic carboxylic acids is 1. The van der Waals surface area contributed by atoms with Crippen LogP contribution in [-0.4, -0.2) is 53.5 Å². The maximum atomic E-state index is 12.5. The zero-order chi connectivity index (χ0) is 23.1. The number of carboxylic acid groups (broad SMARTS) is 1. The van der Waals surface area contributed by atoms with Crippen molar-refractivity contribution < 1.29 is 29.3 Å². The van der Waals surface area contributed by atoms with Crippen LogP contribution in [0.15, 0.2) is 48.5 Å². The number of hydrogen-bond donors (Lipinski definition) is 4. The van der Waals surface area contributed by atoms with Crippen molar-refractivity contribution in [1.29, 1.82) is 0 Å². The maximum Gasteiger partial charge on any atom is 0.407 e. The minimum absolute atomic E-state index is 0.0956. The number of amides is 2. The third-order valence-corrected chi connectivity index (χ3v) is 5.55. The molecule has 2 atom stereocenters. The molecule has 2 amide bonds. The molecule has 0 aromatic heterocycles. The van der Waals surface area contributed by atoms with Gasteiger partial charge in [-0.1, -0.05) is 68.3 Å². The van der Waals surface area contributed by atoms with E-state index in [1.165, 1.54) is 0 Å². The average molecular weight is 440 g/mol. The summed E-state index contributed by atoms with van der Waals surface area (Å²) in [6, 6.07) is 15.1. The topological polar surface area (TPSA) is 125 Å². The first-order valence-corrected chi connectivity index (χ1v) is 10.7. The number of aliphatic hydroxyl groups excluding tert-OH is 1. The Morgan fingerprint density at radius 3 is 2.19 bits per heavy atom. The van der Waals surface area contributed by atoms with Crippen LogP contribution in [0.3, 0.4) is 0 Å². The Hall–Kier alpha value is -3.39. The van der Waals surface area contributed by atoms with Crippen molar-refractivity contribution in [3.63, 3.8) is 0 Å². The second kappa shape index (κ2) is 10.8. The van der Waals surface area contributed by atoms with E-state index in [-0.39, 0.29) is 12.5 Å². The number of ether oxygens (including phenoxy) is 1. The Morgan fingerprint density at radius 1 is 1.03 bits per heavy atom. The predicted octanol–water partition coefficient (Wildman–Crippen LogP) is 2.65. The molecule has 0 saturated heterocycles. The van der Waals surface area contributed by atoms with E-state index in [9.17, 15) is 19.5 Å². The van der Waals surface area contributed by atoms with Crippen molar-refractivity contribution in [2.75, 3.05) is 13.2 Å². The summed E-state index contributed by atoms with van der Waals surface area (Å²) in [4.78, 5) is 35.6. The molecule has 0 aliphatic heterocycles. The van der Waals surface area contributed by atoms with Crippen molar-refractivity contribution in [3.8, 4) is 11.1 Å². The molecule has 2 aromatic rings. The summed E-state index contributed by atoms with van der Waals surface area (Å²) in [7, 11) is 0. The minimum atomic E-state index is -1.71. The number of carbonyl (C=O) groups is 3. The molecule has 0 fully saturated rings. The third-order valence-electron chi connectivity index (χ3n) is 5.55. The Labute approximate surface area is 186 Å². The van der Waals surface area contributed by atoms with Gasteiger partial charge in [0.1, 0.15) is 12.6 Å². The smallest absolute Gasteiger partial charge is 0.407 e. The lowest BCUT2D eigenvalue weighted by Crippen LogP contribution is -2.49. The number of aliphatic hydroxyl groups is 1. The number of nitrogens with one attached hydrogen (secondary N) is 2. The van der Waals surface area contributed by atoms with E-state index >= 15 is 0 Å². The first-order valence-electron chi connectivity index (χ1n) is 10.7. The monoisotopic (exact) mass is 440 g/mol. The highest BCUT2D eigenvalue weighted by Gasteiger charge is 2.30. The van der Waals surface area contributed by atoms with Gasteiger partial charge in [-0.05, 0) is 28.7 Å². The second-order valence-electron chi connectivity index (χ2n) is 7.76. The number of hydrogen-bond acceptors (Lipinski definition) is 5. The fourth-order valence-corrected chi connectivity index (χ4v) is 3.87. The number of benzene rings is 2. The molecule has 0 saturated carbocycles. The first-order chi connectivity index (χ1) is 15.4. The molecule has 1 unspecified atom stereocenters. The van der Waals surface area contributed by atoms with Crippen LogP contribution in [-0.2, 0) is 14.3 Å². The summed E-state index contributed by atoms with van der Waals surface area (Å²) < 4.78 is 5.49. The highest BCUT2D eigenvalue weighted by molar-refractivity contribution is 5.86. The summed E-state index contributed by atoms with van der Waals surface area (Å²) in [5, 5.41) is 23.0. The van der Waals surface area contributed by atoms with Crippen LogP contribution in [0.25, 0.3) is 11.1 Å². The average Bonchev–Trinajstić information content (AvgIpc) is 3.12. The van der Waals surface area contributed by atoms with Crippen LogP contribution in [0.5, 0.6) is 0 Å². The fraction of sp³-hybridized carbons (Fsp3) is 0.375. The summed E-state index contributed by atoms with van der Waals surface area (Å²) in [5.41, 5.74) is 4.41. The standard InChI is InChI=1S/C24H28N2O6/c1-2-3-12-20(22(28)25-13-21(27)23(29)30)26-24(31)32-14-19-17-10-6-4-8-15(17)16-9-5-7-11-18(16)19/h4-11,19-21,27H,2-3,12-14H2,1H3,(H,25,28)(H,26,31)(H,29,30)/t20-,21?/m0/s1. The summed E-state index contributed by atoms with van der Waals surface area (Å²) in [5.74, 6) is -2.09. The van der Waals surface area contributed by atoms with Gasteiger partial charge < -0.3 is 25.6 Å². The Bertz CT molecular complexity index is 931. The van der Waals surface area contributed by atoms with E-state index in [1.807, 2.05) is 55.5 Å². The lowest BCUT2D eigenvalue weighted by Gasteiger charge is -2.20. The molecule has 8 nitrogen and oxygen atoms in total. The largest absolute Gasteiger partial charge is 0.479 e. The third kappa shape index (κ3) is 5.45. The molecule has 1 aliphatic carbocycles. The van der Waals surface area contributed by atoms with Gasteiger partial charge in [0.05, 0.1) is 6.54 Å². The lowest BCUT2D eigenvalue weighted by atomic mass is 9.98. The van der Waals surface area contributed by atoms with Gasteiger partial charge in [0, 0.05) is 5.92 Å². The van der Waals surface area contributed by atoms with Crippen molar-refractivity contribution in [2.45, 2.75) is 44.2 Å². The van der Waals surface area contributed by atoms with Gasteiger partial charge >= 0.3 is 12.1 Å². The first kappa shape index (κ1) is 23.3. The van der Waals surface area contributed by atoms with Crippen LogP contribution in [0.4, 0.5) is 4.79 Å². The van der Waals surface area contributed by atoms with Crippen molar-refractivity contribution >= 4 is 18.0 Å². The SMILES string of the molecule is CCCC[C@H](NC(=O)OCC1c2ccccc2-c2ccccc21)C(=O)NCC(O)C(=O)O. The van der Waals surface area contributed by atoms with E-state index in [4.69, 9.17) is 9.84 Å². The quantitative estimate of drug-likeness (QED) is 0.450.